The van der Waals surface area contributed by atoms with E-state index in [9.17, 15) is 0 Å². The lowest BCUT2D eigenvalue weighted by molar-refractivity contribution is -0.163. The third-order valence-electron chi connectivity index (χ3n) is 5.93. The molecule has 2 unspecified atom stereocenters. The first kappa shape index (κ1) is 19.0. The number of halogens is 1. The average molecular weight is 390 g/mol. The fraction of sp³-hybridized carbons (Fsp3) is 0.941. The highest BCUT2D eigenvalue weighted by Crippen LogP contribution is 2.52. The molecule has 6 heteroatoms. The van der Waals surface area contributed by atoms with Crippen LogP contribution in [-0.2, 0) is 9.47 Å². The predicted octanol–water partition coefficient (Wildman–Crippen LogP) is 2.59. The molecule has 2 saturated heterocycles. The number of hydrogen-bond acceptors (Lipinski definition) is 3. The summed E-state index contributed by atoms with van der Waals surface area (Å²) in [5.41, 5.74) is 6.49. The smallest absolute Gasteiger partial charge is 0.191 e. The van der Waals surface area contributed by atoms with Crippen molar-refractivity contribution in [2.75, 3.05) is 32.9 Å². The molecule has 0 aromatic rings. The molecule has 1 spiro atoms. The maximum absolute atomic E-state index is 6.32. The second-order valence-corrected chi connectivity index (χ2v) is 7.20. The van der Waals surface area contributed by atoms with E-state index in [-0.39, 0.29) is 22.4 Å². The van der Waals surface area contributed by atoms with Gasteiger partial charge in [0.05, 0.1) is 12.1 Å². The van der Waals surface area contributed by atoms with Crippen LogP contribution in [0.25, 0.3) is 0 Å². The highest BCUT2D eigenvalue weighted by atomic mass is 79.9. The molecule has 134 valence electrons. The van der Waals surface area contributed by atoms with Crippen LogP contribution in [0.1, 0.15) is 46.0 Å². The number of hydrogen-bond donors (Lipinski definition) is 1. The maximum Gasteiger partial charge on any atom is 0.191 e. The van der Waals surface area contributed by atoms with E-state index in [0.29, 0.717) is 12.1 Å². The molecule has 0 bridgehead atoms. The second kappa shape index (κ2) is 8.17. The Labute approximate surface area is 150 Å². The summed E-state index contributed by atoms with van der Waals surface area (Å²) >= 11 is 0. The molecule has 0 amide bonds. The molecule has 1 aliphatic carbocycles. The molecule has 2 N–H and O–H groups in total. The molecule has 3 rings (SSSR count). The second-order valence-electron chi connectivity index (χ2n) is 7.20. The van der Waals surface area contributed by atoms with E-state index >= 15 is 0 Å². The highest BCUT2D eigenvalue weighted by Gasteiger charge is 2.56. The van der Waals surface area contributed by atoms with Crippen LogP contribution in [0.3, 0.4) is 0 Å². The number of rotatable bonds is 3. The van der Waals surface area contributed by atoms with Crippen molar-refractivity contribution in [1.29, 1.82) is 0 Å². The summed E-state index contributed by atoms with van der Waals surface area (Å²) in [7, 11) is 0. The molecule has 0 aromatic carbocycles. The maximum atomic E-state index is 6.32. The van der Waals surface area contributed by atoms with Gasteiger partial charge in [0.2, 0.25) is 0 Å². The minimum Gasteiger partial charge on any atom is -0.381 e. The van der Waals surface area contributed by atoms with Crippen molar-refractivity contribution in [3.8, 4) is 0 Å². The van der Waals surface area contributed by atoms with Crippen molar-refractivity contribution in [3.63, 3.8) is 0 Å². The summed E-state index contributed by atoms with van der Waals surface area (Å²) in [6.07, 6.45) is 5.90. The van der Waals surface area contributed by atoms with Gasteiger partial charge in [-0.3, -0.25) is 0 Å². The molecule has 0 aromatic heterocycles. The van der Waals surface area contributed by atoms with E-state index < -0.39 is 0 Å². The molecule has 3 aliphatic rings. The van der Waals surface area contributed by atoms with E-state index in [1.807, 2.05) is 0 Å². The Morgan fingerprint density at radius 1 is 1.30 bits per heavy atom. The lowest BCUT2D eigenvalue weighted by atomic mass is 9.58. The number of guanidine groups is 1. The van der Waals surface area contributed by atoms with Crippen molar-refractivity contribution in [2.45, 2.75) is 58.1 Å². The normalized spacial score (nSPS) is 31.6. The van der Waals surface area contributed by atoms with Crippen molar-refractivity contribution in [1.82, 2.24) is 4.90 Å². The van der Waals surface area contributed by atoms with Gasteiger partial charge in [-0.05, 0) is 44.9 Å². The van der Waals surface area contributed by atoms with Gasteiger partial charge in [0.25, 0.3) is 0 Å². The molecule has 3 fully saturated rings. The lowest BCUT2D eigenvalue weighted by Crippen LogP contribution is -2.60. The molecular formula is C17H32BrN3O2. The van der Waals surface area contributed by atoms with Gasteiger partial charge in [-0.25, -0.2) is 4.99 Å². The molecule has 0 radical (unpaired) electrons. The van der Waals surface area contributed by atoms with Crippen LogP contribution in [0.15, 0.2) is 4.99 Å². The first-order valence-corrected chi connectivity index (χ1v) is 8.93. The van der Waals surface area contributed by atoms with E-state index in [0.717, 1.165) is 64.1 Å². The Balaban J connectivity index is 0.00000192. The Morgan fingerprint density at radius 3 is 2.57 bits per heavy atom. The number of piperidine rings is 1. The molecule has 2 atom stereocenters. The van der Waals surface area contributed by atoms with Crippen molar-refractivity contribution in [3.05, 3.63) is 0 Å². The Kier molecular flexibility index (Phi) is 6.75. The topological polar surface area (TPSA) is 60.1 Å². The van der Waals surface area contributed by atoms with Crippen LogP contribution in [0.5, 0.6) is 0 Å². The number of nitrogens with two attached hydrogens (primary N) is 1. The number of ether oxygens (including phenoxy) is 2. The number of aliphatic imine (C=N–C) groups is 1. The molecule has 1 saturated carbocycles. The van der Waals surface area contributed by atoms with Crippen molar-refractivity contribution < 1.29 is 9.47 Å². The highest BCUT2D eigenvalue weighted by molar-refractivity contribution is 8.93. The average Bonchev–Trinajstić information content (AvgIpc) is 2.55. The van der Waals surface area contributed by atoms with Crippen LogP contribution in [-0.4, -0.2) is 55.9 Å². The standard InChI is InChI=1S/C17H31N3O2.BrH/c1-3-22-15-12-14(17(15)6-10-21-11-7-17)19-16(18)20-8-4-13(2)5-9-20;/h13-15H,3-12H2,1-2H3,(H2,18,19);1H. The van der Waals surface area contributed by atoms with Crippen LogP contribution in [0.4, 0.5) is 0 Å². The first-order valence-electron chi connectivity index (χ1n) is 8.93. The van der Waals surface area contributed by atoms with Gasteiger partial charge in [0.1, 0.15) is 0 Å². The van der Waals surface area contributed by atoms with E-state index in [1.54, 1.807) is 0 Å². The van der Waals surface area contributed by atoms with Crippen LogP contribution < -0.4 is 5.73 Å². The number of nitrogens with zero attached hydrogens (tertiary/aromatic N) is 2. The molecule has 2 heterocycles. The van der Waals surface area contributed by atoms with E-state index in [2.05, 4.69) is 18.7 Å². The zero-order chi connectivity index (χ0) is 15.6. The number of likely N-dealkylation sites (tertiary alicyclic amines) is 1. The molecule has 23 heavy (non-hydrogen) atoms. The minimum absolute atomic E-state index is 0. The summed E-state index contributed by atoms with van der Waals surface area (Å²) in [6.45, 7) is 8.94. The van der Waals surface area contributed by atoms with Gasteiger partial charge in [-0.2, -0.15) is 0 Å². The van der Waals surface area contributed by atoms with Gasteiger partial charge < -0.3 is 20.1 Å². The van der Waals surface area contributed by atoms with Crippen molar-refractivity contribution >= 4 is 22.9 Å². The Morgan fingerprint density at radius 2 is 1.96 bits per heavy atom. The third kappa shape index (κ3) is 3.85. The SMILES string of the molecule is Br.CCOC1CC(N=C(N)N2CCC(C)CC2)C12CCOCC2. The Hall–Kier alpha value is -0.330. The lowest BCUT2D eigenvalue weighted by Gasteiger charge is -2.55. The molecule has 2 aliphatic heterocycles. The summed E-state index contributed by atoms with van der Waals surface area (Å²) in [6, 6.07) is 0.312. The van der Waals surface area contributed by atoms with Gasteiger partial charge in [0, 0.05) is 38.3 Å². The van der Waals surface area contributed by atoms with E-state index in [1.165, 1.54) is 12.8 Å². The van der Waals surface area contributed by atoms with Crippen molar-refractivity contribution in [2.24, 2.45) is 22.1 Å². The van der Waals surface area contributed by atoms with Crippen LogP contribution >= 0.6 is 17.0 Å². The fourth-order valence-corrected chi connectivity index (χ4v) is 4.23. The van der Waals surface area contributed by atoms with Crippen LogP contribution in [0.2, 0.25) is 0 Å². The summed E-state index contributed by atoms with van der Waals surface area (Å²) < 4.78 is 11.5. The molecule has 5 nitrogen and oxygen atoms in total. The quantitative estimate of drug-likeness (QED) is 0.595. The predicted molar refractivity (Wildman–Crippen MR) is 98.2 cm³/mol. The van der Waals surface area contributed by atoms with Crippen LogP contribution in [0, 0.1) is 11.3 Å². The van der Waals surface area contributed by atoms with Gasteiger partial charge >= 0.3 is 0 Å². The monoisotopic (exact) mass is 389 g/mol. The van der Waals surface area contributed by atoms with Gasteiger partial charge in [-0.15, -0.1) is 17.0 Å². The minimum atomic E-state index is 0. The van der Waals surface area contributed by atoms with Gasteiger partial charge in [-0.1, -0.05) is 6.92 Å². The molecular weight excluding hydrogens is 358 g/mol. The summed E-state index contributed by atoms with van der Waals surface area (Å²) in [4.78, 5) is 7.19. The zero-order valence-corrected chi connectivity index (χ0v) is 16.2. The Bertz CT molecular complexity index is 405. The fourth-order valence-electron chi connectivity index (χ4n) is 4.23. The first-order chi connectivity index (χ1) is 10.7. The van der Waals surface area contributed by atoms with Gasteiger partial charge in [0.15, 0.2) is 5.96 Å². The van der Waals surface area contributed by atoms with E-state index in [4.69, 9.17) is 20.2 Å². The largest absolute Gasteiger partial charge is 0.381 e. The zero-order valence-electron chi connectivity index (χ0n) is 14.5. The third-order valence-corrected chi connectivity index (χ3v) is 5.93. The summed E-state index contributed by atoms with van der Waals surface area (Å²) in [5, 5.41) is 0. The summed E-state index contributed by atoms with van der Waals surface area (Å²) in [5.74, 6) is 1.56.